The zero-order valence-electron chi connectivity index (χ0n) is 15.1. The average molecular weight is 352 g/mol. The van der Waals surface area contributed by atoms with Gasteiger partial charge in [0, 0.05) is 26.1 Å². The fraction of sp³-hybridized carbons (Fsp3) is 0.429. The number of benzene rings is 1. The first-order valence-corrected chi connectivity index (χ1v) is 9.33. The molecule has 0 radical (unpaired) electrons. The highest BCUT2D eigenvalue weighted by atomic mass is 16.3. The van der Waals surface area contributed by atoms with Crippen molar-refractivity contribution in [3.05, 3.63) is 59.5 Å². The van der Waals surface area contributed by atoms with Gasteiger partial charge in [-0.05, 0) is 42.0 Å². The fourth-order valence-corrected chi connectivity index (χ4v) is 3.94. The van der Waals surface area contributed by atoms with Gasteiger partial charge in [-0.15, -0.1) is 0 Å². The highest BCUT2D eigenvalue weighted by Gasteiger charge is 2.38. The summed E-state index contributed by atoms with van der Waals surface area (Å²) in [7, 11) is 0. The van der Waals surface area contributed by atoms with Crippen LogP contribution in [0.25, 0.3) is 0 Å². The molecule has 3 heterocycles. The Balaban J connectivity index is 1.63. The Bertz CT molecular complexity index is 791. The lowest BCUT2D eigenvalue weighted by molar-refractivity contribution is -0.138. The number of fused-ring (bicyclic) bond motifs is 1. The van der Waals surface area contributed by atoms with Crippen molar-refractivity contribution in [2.45, 2.75) is 38.8 Å². The molecule has 2 aliphatic heterocycles. The van der Waals surface area contributed by atoms with E-state index in [-0.39, 0.29) is 17.6 Å². The van der Waals surface area contributed by atoms with Crippen LogP contribution < -0.4 is 0 Å². The topological polar surface area (TPSA) is 53.8 Å². The summed E-state index contributed by atoms with van der Waals surface area (Å²) in [6, 6.07) is 11.0. The van der Waals surface area contributed by atoms with E-state index in [4.69, 9.17) is 4.42 Å². The molecule has 136 valence electrons. The van der Waals surface area contributed by atoms with Gasteiger partial charge in [0.1, 0.15) is 6.04 Å². The molecule has 0 saturated carbocycles. The number of carbonyl (C=O) groups is 2. The quantitative estimate of drug-likeness (QED) is 0.834. The molecule has 1 unspecified atom stereocenters. The van der Waals surface area contributed by atoms with Crippen molar-refractivity contribution in [2.24, 2.45) is 5.92 Å². The molecule has 1 fully saturated rings. The predicted octanol–water partition coefficient (Wildman–Crippen LogP) is 3.11. The summed E-state index contributed by atoms with van der Waals surface area (Å²) in [6.45, 7) is 4.23. The third kappa shape index (κ3) is 3.14. The summed E-state index contributed by atoms with van der Waals surface area (Å²) in [4.78, 5) is 29.9. The molecule has 0 N–H and O–H groups in total. The van der Waals surface area contributed by atoms with Crippen LogP contribution in [0, 0.1) is 5.92 Å². The minimum atomic E-state index is -0.462. The second-order valence-corrected chi connectivity index (χ2v) is 7.41. The highest BCUT2D eigenvalue weighted by Crippen LogP contribution is 2.27. The van der Waals surface area contributed by atoms with Crippen LogP contribution in [0.2, 0.25) is 0 Å². The van der Waals surface area contributed by atoms with Crippen molar-refractivity contribution in [3.8, 4) is 0 Å². The lowest BCUT2D eigenvalue weighted by atomic mass is 9.91. The van der Waals surface area contributed by atoms with Crippen molar-refractivity contribution in [1.82, 2.24) is 9.80 Å². The first-order chi connectivity index (χ1) is 12.6. The number of piperidine rings is 1. The Labute approximate surface area is 153 Å². The van der Waals surface area contributed by atoms with Crippen molar-refractivity contribution < 1.29 is 14.0 Å². The summed E-state index contributed by atoms with van der Waals surface area (Å²) < 4.78 is 5.31. The Morgan fingerprint density at radius 1 is 1.04 bits per heavy atom. The van der Waals surface area contributed by atoms with Crippen LogP contribution in [0.3, 0.4) is 0 Å². The van der Waals surface area contributed by atoms with Crippen LogP contribution in [0.15, 0.2) is 47.1 Å². The molecule has 2 aliphatic rings. The van der Waals surface area contributed by atoms with Gasteiger partial charge in [-0.2, -0.15) is 0 Å². The minimum absolute atomic E-state index is 0.0614. The Kier molecular flexibility index (Phi) is 4.53. The second-order valence-electron chi connectivity index (χ2n) is 7.41. The number of amides is 2. The molecule has 1 aromatic carbocycles. The first kappa shape index (κ1) is 16.9. The molecule has 5 heteroatoms. The van der Waals surface area contributed by atoms with E-state index >= 15 is 0 Å². The van der Waals surface area contributed by atoms with Crippen molar-refractivity contribution in [2.75, 3.05) is 13.1 Å². The molecule has 2 aromatic rings. The fourth-order valence-electron chi connectivity index (χ4n) is 3.94. The molecule has 5 nitrogen and oxygen atoms in total. The molecule has 2 amide bonds. The standard InChI is InChI=1S/C21H24N2O3/c1-15-8-10-22(11-9-15)20(24)18-13-16-5-2-3-6-17(16)14-23(18)21(25)19-7-4-12-26-19/h2-7,12,15,18H,8-11,13-14H2,1H3. The van der Waals surface area contributed by atoms with E-state index in [0.29, 0.717) is 18.9 Å². The molecule has 26 heavy (non-hydrogen) atoms. The van der Waals surface area contributed by atoms with E-state index in [9.17, 15) is 9.59 Å². The van der Waals surface area contributed by atoms with E-state index < -0.39 is 6.04 Å². The molecule has 0 bridgehead atoms. The van der Waals surface area contributed by atoms with Gasteiger partial charge < -0.3 is 14.2 Å². The Hall–Kier alpha value is -2.56. The molecule has 1 saturated heterocycles. The number of carbonyl (C=O) groups excluding carboxylic acids is 2. The van der Waals surface area contributed by atoms with Gasteiger partial charge in [-0.1, -0.05) is 31.2 Å². The first-order valence-electron chi connectivity index (χ1n) is 9.33. The van der Waals surface area contributed by atoms with E-state index in [1.165, 1.54) is 6.26 Å². The Morgan fingerprint density at radius 3 is 2.46 bits per heavy atom. The lowest BCUT2D eigenvalue weighted by Crippen LogP contribution is -2.54. The van der Waals surface area contributed by atoms with Crippen molar-refractivity contribution in [1.29, 1.82) is 0 Å². The molecule has 1 atom stereocenters. The van der Waals surface area contributed by atoms with E-state index in [0.717, 1.165) is 37.1 Å². The van der Waals surface area contributed by atoms with Crippen LogP contribution in [-0.4, -0.2) is 40.7 Å². The summed E-state index contributed by atoms with van der Waals surface area (Å²) >= 11 is 0. The van der Waals surface area contributed by atoms with Gasteiger partial charge >= 0.3 is 0 Å². The zero-order chi connectivity index (χ0) is 18.1. The summed E-state index contributed by atoms with van der Waals surface area (Å²) in [6.07, 6.45) is 4.11. The van der Waals surface area contributed by atoms with Crippen LogP contribution in [0.4, 0.5) is 0 Å². The van der Waals surface area contributed by atoms with Gasteiger partial charge in [-0.25, -0.2) is 0 Å². The third-order valence-electron chi connectivity index (χ3n) is 5.62. The van der Waals surface area contributed by atoms with Crippen molar-refractivity contribution in [3.63, 3.8) is 0 Å². The van der Waals surface area contributed by atoms with Gasteiger partial charge in [0.2, 0.25) is 5.91 Å². The largest absolute Gasteiger partial charge is 0.459 e. The number of rotatable bonds is 2. The lowest BCUT2D eigenvalue weighted by Gasteiger charge is -2.40. The Morgan fingerprint density at radius 2 is 1.77 bits per heavy atom. The minimum Gasteiger partial charge on any atom is -0.459 e. The third-order valence-corrected chi connectivity index (χ3v) is 5.62. The maximum atomic E-state index is 13.3. The summed E-state index contributed by atoms with van der Waals surface area (Å²) in [5.74, 6) is 0.793. The maximum Gasteiger partial charge on any atom is 0.290 e. The normalized spacial score (nSPS) is 20.7. The van der Waals surface area contributed by atoms with Crippen LogP contribution >= 0.6 is 0 Å². The van der Waals surface area contributed by atoms with Crippen LogP contribution in [0.5, 0.6) is 0 Å². The number of nitrogens with zero attached hydrogens (tertiary/aromatic N) is 2. The number of furan rings is 1. The van der Waals surface area contributed by atoms with Crippen LogP contribution in [-0.2, 0) is 17.8 Å². The smallest absolute Gasteiger partial charge is 0.290 e. The van der Waals surface area contributed by atoms with E-state index in [2.05, 4.69) is 13.0 Å². The number of hydrogen-bond acceptors (Lipinski definition) is 3. The highest BCUT2D eigenvalue weighted by molar-refractivity contribution is 5.96. The van der Waals surface area contributed by atoms with Gasteiger partial charge in [-0.3, -0.25) is 9.59 Å². The van der Waals surface area contributed by atoms with Crippen molar-refractivity contribution >= 4 is 11.8 Å². The summed E-state index contributed by atoms with van der Waals surface area (Å²) in [5.41, 5.74) is 2.25. The maximum absolute atomic E-state index is 13.3. The SMILES string of the molecule is CC1CCN(C(=O)C2Cc3ccccc3CN2C(=O)c2ccco2)CC1. The summed E-state index contributed by atoms with van der Waals surface area (Å²) in [5, 5.41) is 0. The molecule has 4 rings (SSSR count). The zero-order valence-corrected chi connectivity index (χ0v) is 15.1. The van der Waals surface area contributed by atoms with Gasteiger partial charge in [0.05, 0.1) is 6.26 Å². The second kappa shape index (κ2) is 6.98. The van der Waals surface area contributed by atoms with E-state index in [1.807, 2.05) is 23.1 Å². The molecule has 0 spiro atoms. The van der Waals surface area contributed by atoms with Gasteiger partial charge in [0.25, 0.3) is 5.91 Å². The average Bonchev–Trinajstić information content (AvgIpc) is 3.21. The molecular formula is C21H24N2O3. The number of hydrogen-bond donors (Lipinski definition) is 0. The number of likely N-dealkylation sites (tertiary alicyclic amines) is 1. The molecule has 1 aromatic heterocycles. The van der Waals surface area contributed by atoms with Crippen LogP contribution in [0.1, 0.15) is 41.4 Å². The predicted molar refractivity (Wildman–Crippen MR) is 97.5 cm³/mol. The van der Waals surface area contributed by atoms with E-state index in [1.54, 1.807) is 17.0 Å². The molecule has 0 aliphatic carbocycles. The van der Waals surface area contributed by atoms with Gasteiger partial charge in [0.15, 0.2) is 5.76 Å². The molecular weight excluding hydrogens is 328 g/mol. The monoisotopic (exact) mass is 352 g/mol.